The lowest BCUT2D eigenvalue weighted by molar-refractivity contribution is -0.137. The van der Waals surface area contributed by atoms with E-state index in [1.54, 1.807) is 7.11 Å². The van der Waals surface area contributed by atoms with Gasteiger partial charge in [-0.05, 0) is 30.7 Å². The monoisotopic (exact) mass is 273 g/mol. The van der Waals surface area contributed by atoms with Gasteiger partial charge in [-0.3, -0.25) is 0 Å². The molecule has 0 amide bonds. The van der Waals surface area contributed by atoms with Crippen LogP contribution in [0.5, 0.6) is 0 Å². The van der Waals surface area contributed by atoms with E-state index in [0.29, 0.717) is 6.61 Å². The Balaban J connectivity index is 2.33. The summed E-state index contributed by atoms with van der Waals surface area (Å²) in [6.45, 7) is 2.29. The van der Waals surface area contributed by atoms with E-state index in [1.165, 1.54) is 12.1 Å². The molecule has 19 heavy (non-hydrogen) atoms. The fraction of sp³-hybridized carbons (Fsp3) is 0.429. The van der Waals surface area contributed by atoms with E-state index < -0.39 is 11.7 Å². The first kappa shape index (κ1) is 15.7. The van der Waals surface area contributed by atoms with Crippen molar-refractivity contribution < 1.29 is 17.9 Å². The topological polar surface area (TPSA) is 21.3 Å². The average molecular weight is 273 g/mol. The van der Waals surface area contributed by atoms with Gasteiger partial charge in [0.1, 0.15) is 0 Å². The summed E-state index contributed by atoms with van der Waals surface area (Å²) in [5, 5.41) is 3.18. The number of alkyl halides is 3. The Hall–Kier alpha value is -1.33. The second kappa shape index (κ2) is 7.96. The van der Waals surface area contributed by atoms with E-state index in [9.17, 15) is 13.2 Å². The molecular weight excluding hydrogens is 255 g/mol. The van der Waals surface area contributed by atoms with Gasteiger partial charge >= 0.3 is 6.18 Å². The molecule has 0 saturated carbocycles. The van der Waals surface area contributed by atoms with Crippen LogP contribution in [0.4, 0.5) is 13.2 Å². The van der Waals surface area contributed by atoms with E-state index in [4.69, 9.17) is 4.74 Å². The zero-order valence-corrected chi connectivity index (χ0v) is 10.8. The third-order valence-electron chi connectivity index (χ3n) is 2.52. The lowest BCUT2D eigenvalue weighted by atomic mass is 10.1. The van der Waals surface area contributed by atoms with Crippen molar-refractivity contribution in [3.63, 3.8) is 0 Å². The first-order valence-corrected chi connectivity index (χ1v) is 6.07. The van der Waals surface area contributed by atoms with Crippen molar-refractivity contribution in [2.45, 2.75) is 12.6 Å². The fourth-order valence-electron chi connectivity index (χ4n) is 1.49. The SMILES string of the molecule is COCCNCCC=Cc1ccc(C(F)(F)F)cc1. The Bertz CT molecular complexity index is 385. The molecule has 0 fully saturated rings. The number of nitrogens with one attached hydrogen (secondary N) is 1. The molecule has 1 rings (SSSR count). The summed E-state index contributed by atoms with van der Waals surface area (Å²) in [5.41, 5.74) is 0.149. The van der Waals surface area contributed by atoms with E-state index in [2.05, 4.69) is 5.32 Å². The van der Waals surface area contributed by atoms with E-state index >= 15 is 0 Å². The highest BCUT2D eigenvalue weighted by Gasteiger charge is 2.29. The predicted molar refractivity (Wildman–Crippen MR) is 69.8 cm³/mol. The molecule has 0 atom stereocenters. The zero-order chi connectivity index (χ0) is 14.1. The maximum atomic E-state index is 12.3. The average Bonchev–Trinajstić information content (AvgIpc) is 2.37. The summed E-state index contributed by atoms with van der Waals surface area (Å²) in [6.07, 6.45) is 0.304. The minimum Gasteiger partial charge on any atom is -0.383 e. The Morgan fingerprint density at radius 3 is 2.42 bits per heavy atom. The van der Waals surface area contributed by atoms with E-state index in [-0.39, 0.29) is 0 Å². The predicted octanol–water partition coefficient (Wildman–Crippen LogP) is 3.34. The van der Waals surface area contributed by atoms with Crippen molar-refractivity contribution >= 4 is 6.08 Å². The standard InChI is InChI=1S/C14H18F3NO/c1-19-11-10-18-9-3-2-4-12-5-7-13(8-6-12)14(15,16)17/h2,4-8,18H,3,9-11H2,1H3. The number of ether oxygens (including phenoxy) is 1. The molecule has 0 unspecified atom stereocenters. The number of hydrogen-bond acceptors (Lipinski definition) is 2. The molecule has 1 N–H and O–H groups in total. The van der Waals surface area contributed by atoms with Gasteiger partial charge in [0.05, 0.1) is 12.2 Å². The van der Waals surface area contributed by atoms with E-state index in [0.717, 1.165) is 37.2 Å². The van der Waals surface area contributed by atoms with Gasteiger partial charge in [-0.15, -0.1) is 0 Å². The van der Waals surface area contributed by atoms with Crippen LogP contribution in [-0.4, -0.2) is 26.8 Å². The molecule has 0 aliphatic rings. The molecule has 0 radical (unpaired) electrons. The number of halogens is 3. The minimum atomic E-state index is -4.27. The summed E-state index contributed by atoms with van der Waals surface area (Å²) in [7, 11) is 1.65. The maximum Gasteiger partial charge on any atom is 0.416 e. The Morgan fingerprint density at radius 2 is 1.84 bits per heavy atom. The fourth-order valence-corrected chi connectivity index (χ4v) is 1.49. The molecule has 5 heteroatoms. The first-order chi connectivity index (χ1) is 9.04. The molecule has 1 aromatic rings. The summed E-state index contributed by atoms with van der Waals surface area (Å²) in [5.74, 6) is 0. The van der Waals surface area contributed by atoms with Crippen LogP contribution in [-0.2, 0) is 10.9 Å². The summed E-state index contributed by atoms with van der Waals surface area (Å²) < 4.78 is 41.9. The second-order valence-electron chi connectivity index (χ2n) is 4.05. The van der Waals surface area contributed by atoms with Crippen molar-refractivity contribution in [3.05, 3.63) is 41.5 Å². The highest BCUT2D eigenvalue weighted by atomic mass is 19.4. The number of benzene rings is 1. The summed E-state index contributed by atoms with van der Waals surface area (Å²) >= 11 is 0. The smallest absolute Gasteiger partial charge is 0.383 e. The molecule has 0 saturated heterocycles. The Kier molecular flexibility index (Phi) is 6.59. The van der Waals surface area contributed by atoms with E-state index in [1.807, 2.05) is 12.2 Å². The lowest BCUT2D eigenvalue weighted by Gasteiger charge is -2.05. The molecule has 0 aliphatic carbocycles. The van der Waals surface area contributed by atoms with Crippen molar-refractivity contribution in [1.82, 2.24) is 5.32 Å². The van der Waals surface area contributed by atoms with Gasteiger partial charge < -0.3 is 10.1 Å². The first-order valence-electron chi connectivity index (χ1n) is 6.07. The normalized spacial score (nSPS) is 12.2. The van der Waals surface area contributed by atoms with Gasteiger partial charge in [-0.1, -0.05) is 24.3 Å². The van der Waals surface area contributed by atoms with Gasteiger partial charge in [0.15, 0.2) is 0 Å². The van der Waals surface area contributed by atoms with Crippen LogP contribution in [0.15, 0.2) is 30.3 Å². The molecule has 0 aliphatic heterocycles. The van der Waals surface area contributed by atoms with Gasteiger partial charge in [0.25, 0.3) is 0 Å². The van der Waals surface area contributed by atoms with Gasteiger partial charge in [-0.2, -0.15) is 13.2 Å². The van der Waals surface area contributed by atoms with Crippen molar-refractivity contribution in [2.75, 3.05) is 26.8 Å². The molecule has 0 heterocycles. The van der Waals surface area contributed by atoms with Crippen LogP contribution in [0.2, 0.25) is 0 Å². The molecule has 0 spiro atoms. The Morgan fingerprint density at radius 1 is 1.16 bits per heavy atom. The van der Waals surface area contributed by atoms with Crippen LogP contribution < -0.4 is 5.32 Å². The summed E-state index contributed by atoms with van der Waals surface area (Å²) in [6, 6.07) is 5.13. The number of hydrogen-bond donors (Lipinski definition) is 1. The molecule has 0 bridgehead atoms. The lowest BCUT2D eigenvalue weighted by Crippen LogP contribution is -2.19. The zero-order valence-electron chi connectivity index (χ0n) is 10.8. The highest BCUT2D eigenvalue weighted by Crippen LogP contribution is 2.29. The van der Waals surface area contributed by atoms with Crippen LogP contribution in [0, 0.1) is 0 Å². The van der Waals surface area contributed by atoms with Gasteiger partial charge in [0, 0.05) is 13.7 Å². The van der Waals surface area contributed by atoms with Crippen molar-refractivity contribution in [1.29, 1.82) is 0 Å². The highest BCUT2D eigenvalue weighted by molar-refractivity contribution is 5.49. The van der Waals surface area contributed by atoms with Crippen molar-refractivity contribution in [2.24, 2.45) is 0 Å². The Labute approximate surface area is 111 Å². The maximum absolute atomic E-state index is 12.3. The molecule has 106 valence electrons. The van der Waals surface area contributed by atoms with Crippen LogP contribution >= 0.6 is 0 Å². The number of methoxy groups -OCH3 is 1. The number of rotatable bonds is 7. The quantitative estimate of drug-likeness (QED) is 0.769. The third kappa shape index (κ3) is 6.40. The van der Waals surface area contributed by atoms with Gasteiger partial charge in [0.2, 0.25) is 0 Å². The van der Waals surface area contributed by atoms with Crippen LogP contribution in [0.1, 0.15) is 17.5 Å². The molecular formula is C14H18F3NO. The largest absolute Gasteiger partial charge is 0.416 e. The summed E-state index contributed by atoms with van der Waals surface area (Å²) in [4.78, 5) is 0. The minimum absolute atomic E-state index is 0.620. The third-order valence-corrected chi connectivity index (χ3v) is 2.52. The molecule has 2 nitrogen and oxygen atoms in total. The molecule has 1 aromatic carbocycles. The van der Waals surface area contributed by atoms with Crippen LogP contribution in [0.25, 0.3) is 6.08 Å². The van der Waals surface area contributed by atoms with Crippen molar-refractivity contribution in [3.8, 4) is 0 Å². The van der Waals surface area contributed by atoms with Crippen LogP contribution in [0.3, 0.4) is 0 Å². The second-order valence-corrected chi connectivity index (χ2v) is 4.05. The van der Waals surface area contributed by atoms with Gasteiger partial charge in [-0.25, -0.2) is 0 Å². The molecule has 0 aromatic heterocycles.